The molecule has 44 heavy (non-hydrogen) atoms. The van der Waals surface area contributed by atoms with E-state index in [1.165, 1.54) is 25.7 Å². The summed E-state index contributed by atoms with van der Waals surface area (Å²) >= 11 is 0. The molecule has 0 unspecified atom stereocenters. The first kappa shape index (κ1) is 33.1. The summed E-state index contributed by atoms with van der Waals surface area (Å²) in [6.07, 6.45) is 8.81. The molecule has 2 saturated carbocycles. The molecule has 0 bridgehead atoms. The average Bonchev–Trinajstić information content (AvgIpc) is 3.02. The molecule has 244 valence electrons. The molecular weight excluding hydrogens is 582 g/mol. The fraction of sp³-hybridized carbons (Fsp3) is 0.657. The van der Waals surface area contributed by atoms with Gasteiger partial charge in [-0.05, 0) is 99.5 Å². The van der Waals surface area contributed by atoms with Crippen LogP contribution in [0.15, 0.2) is 30.3 Å². The standard InChI is InChI=1S/C35H44F6O3/c1-2-3-4-5-6-22-20-42-34(43-21-22)25-9-7-23(8-10-25)24-11-13-27(14-12-24)35(40,41)44-28-15-16-29(30(36)19-28)26-17-31(37)33(39)32(38)18-26/h15-19,22-25,27,34H,2-14,20-21H2,1H3. The zero-order valence-electron chi connectivity index (χ0n) is 25.4. The first-order chi connectivity index (χ1) is 21.1. The van der Waals surface area contributed by atoms with Gasteiger partial charge in [-0.3, -0.25) is 0 Å². The highest BCUT2D eigenvalue weighted by Crippen LogP contribution is 2.46. The van der Waals surface area contributed by atoms with E-state index in [1.54, 1.807) is 0 Å². The van der Waals surface area contributed by atoms with Crippen molar-refractivity contribution in [2.24, 2.45) is 29.6 Å². The topological polar surface area (TPSA) is 27.7 Å². The normalized spacial score (nSPS) is 28.2. The minimum Gasteiger partial charge on any atom is -0.432 e. The molecule has 2 aromatic rings. The molecule has 1 heterocycles. The van der Waals surface area contributed by atoms with Crippen LogP contribution < -0.4 is 4.74 Å². The molecule has 2 aliphatic carbocycles. The number of alkyl halides is 2. The second-order valence-corrected chi connectivity index (χ2v) is 13.1. The Kier molecular flexibility index (Phi) is 11.2. The van der Waals surface area contributed by atoms with Crippen LogP contribution >= 0.6 is 0 Å². The Morgan fingerprint density at radius 2 is 1.32 bits per heavy atom. The molecule has 1 saturated heterocycles. The number of hydrogen-bond acceptors (Lipinski definition) is 3. The van der Waals surface area contributed by atoms with Crippen LogP contribution in [0.5, 0.6) is 5.75 Å². The predicted molar refractivity (Wildman–Crippen MR) is 156 cm³/mol. The van der Waals surface area contributed by atoms with Gasteiger partial charge in [-0.15, -0.1) is 0 Å². The predicted octanol–water partition coefficient (Wildman–Crippen LogP) is 10.5. The Bertz CT molecular complexity index is 1190. The van der Waals surface area contributed by atoms with Gasteiger partial charge in [0.2, 0.25) is 0 Å². The van der Waals surface area contributed by atoms with E-state index in [-0.39, 0.29) is 23.2 Å². The molecule has 2 aromatic carbocycles. The Labute approximate surface area is 256 Å². The maximum atomic E-state index is 15.1. The van der Waals surface area contributed by atoms with Crippen molar-refractivity contribution in [1.29, 1.82) is 0 Å². The van der Waals surface area contributed by atoms with Crippen molar-refractivity contribution in [3.8, 4) is 16.9 Å². The van der Waals surface area contributed by atoms with Crippen molar-refractivity contribution in [3.05, 3.63) is 53.6 Å². The smallest absolute Gasteiger partial charge is 0.400 e. The molecule has 0 aromatic heterocycles. The second-order valence-electron chi connectivity index (χ2n) is 13.1. The highest BCUT2D eigenvalue weighted by molar-refractivity contribution is 5.65. The van der Waals surface area contributed by atoms with Crippen LogP contribution in [0.4, 0.5) is 26.3 Å². The quantitative estimate of drug-likeness (QED) is 0.141. The lowest BCUT2D eigenvalue weighted by molar-refractivity contribution is -0.232. The van der Waals surface area contributed by atoms with E-state index in [0.717, 1.165) is 63.5 Å². The molecule has 5 rings (SSSR count). The van der Waals surface area contributed by atoms with Gasteiger partial charge in [-0.1, -0.05) is 32.6 Å². The summed E-state index contributed by atoms with van der Waals surface area (Å²) in [7, 11) is 0. The third-order valence-corrected chi connectivity index (χ3v) is 10.1. The average molecular weight is 627 g/mol. The van der Waals surface area contributed by atoms with Crippen molar-refractivity contribution < 1.29 is 40.6 Å². The lowest BCUT2D eigenvalue weighted by atomic mass is 9.69. The SMILES string of the molecule is CCCCCCC1COC(C2CCC(C3CCC(C(F)(F)Oc4ccc(-c5cc(F)c(F)c(F)c5)c(F)c4)CC3)CC2)OC1. The maximum Gasteiger partial charge on any atom is 0.400 e. The summed E-state index contributed by atoms with van der Waals surface area (Å²) < 4.78 is 103. The van der Waals surface area contributed by atoms with E-state index in [4.69, 9.17) is 14.2 Å². The van der Waals surface area contributed by atoms with Gasteiger partial charge in [0.05, 0.1) is 19.1 Å². The van der Waals surface area contributed by atoms with Crippen LogP contribution in [0.1, 0.15) is 90.4 Å². The van der Waals surface area contributed by atoms with Crippen molar-refractivity contribution in [1.82, 2.24) is 0 Å². The number of hydrogen-bond donors (Lipinski definition) is 0. The molecular formula is C35H44F6O3. The number of rotatable bonds is 11. The van der Waals surface area contributed by atoms with Crippen molar-refractivity contribution in [2.45, 2.75) is 103 Å². The highest BCUT2D eigenvalue weighted by Gasteiger charge is 2.45. The van der Waals surface area contributed by atoms with E-state index in [0.29, 0.717) is 61.5 Å². The molecule has 3 fully saturated rings. The molecule has 9 heteroatoms. The zero-order valence-corrected chi connectivity index (χ0v) is 25.4. The fourth-order valence-electron chi connectivity index (χ4n) is 7.42. The number of benzene rings is 2. The Morgan fingerprint density at radius 1 is 0.727 bits per heavy atom. The van der Waals surface area contributed by atoms with Gasteiger partial charge in [0.1, 0.15) is 11.6 Å². The van der Waals surface area contributed by atoms with Crippen LogP contribution in [-0.2, 0) is 9.47 Å². The summed E-state index contributed by atoms with van der Waals surface area (Å²) in [6.45, 7) is 3.78. The van der Waals surface area contributed by atoms with E-state index in [2.05, 4.69) is 6.92 Å². The molecule has 1 aliphatic heterocycles. The first-order valence-electron chi connectivity index (χ1n) is 16.4. The summed E-state index contributed by atoms with van der Waals surface area (Å²) in [5, 5.41) is 0. The minimum atomic E-state index is -3.49. The van der Waals surface area contributed by atoms with Crippen molar-refractivity contribution >= 4 is 0 Å². The van der Waals surface area contributed by atoms with Crippen LogP contribution in [-0.4, -0.2) is 25.6 Å². The number of ether oxygens (including phenoxy) is 3. The molecule has 0 spiro atoms. The molecule has 0 radical (unpaired) electrons. The summed E-state index contributed by atoms with van der Waals surface area (Å²) in [5.74, 6) is -5.17. The maximum absolute atomic E-state index is 15.1. The lowest BCUT2D eigenvalue weighted by Gasteiger charge is -2.41. The Hall–Kier alpha value is -2.26. The van der Waals surface area contributed by atoms with Crippen LogP contribution in [0.2, 0.25) is 0 Å². The van der Waals surface area contributed by atoms with Gasteiger partial charge in [-0.2, -0.15) is 8.78 Å². The largest absolute Gasteiger partial charge is 0.432 e. The van der Waals surface area contributed by atoms with Crippen LogP contribution in [0, 0.1) is 52.9 Å². The summed E-state index contributed by atoms with van der Waals surface area (Å²) in [6, 6.07) is 4.29. The van der Waals surface area contributed by atoms with Gasteiger partial charge in [0, 0.05) is 23.5 Å². The molecule has 0 amide bonds. The second kappa shape index (κ2) is 14.9. The Balaban J connectivity index is 1.06. The number of halogens is 6. The van der Waals surface area contributed by atoms with Gasteiger partial charge in [0.25, 0.3) is 0 Å². The molecule has 3 nitrogen and oxygen atoms in total. The van der Waals surface area contributed by atoms with Gasteiger partial charge < -0.3 is 14.2 Å². The van der Waals surface area contributed by atoms with Gasteiger partial charge in [0.15, 0.2) is 23.7 Å². The van der Waals surface area contributed by atoms with E-state index in [9.17, 15) is 17.6 Å². The van der Waals surface area contributed by atoms with Crippen molar-refractivity contribution in [2.75, 3.05) is 13.2 Å². The number of unbranched alkanes of at least 4 members (excludes halogenated alkanes) is 3. The van der Waals surface area contributed by atoms with Crippen LogP contribution in [0.3, 0.4) is 0 Å². The van der Waals surface area contributed by atoms with Crippen LogP contribution in [0.25, 0.3) is 11.1 Å². The first-order valence-corrected chi connectivity index (χ1v) is 16.4. The van der Waals surface area contributed by atoms with E-state index >= 15 is 8.78 Å². The summed E-state index contributed by atoms with van der Waals surface area (Å²) in [5.41, 5.74) is -0.498. The monoisotopic (exact) mass is 626 g/mol. The summed E-state index contributed by atoms with van der Waals surface area (Å²) in [4.78, 5) is 0. The highest BCUT2D eigenvalue weighted by atomic mass is 19.3. The minimum absolute atomic E-state index is 0.119. The third kappa shape index (κ3) is 8.11. The zero-order chi connectivity index (χ0) is 31.3. The Morgan fingerprint density at radius 3 is 1.91 bits per heavy atom. The molecule has 0 atom stereocenters. The lowest BCUT2D eigenvalue weighted by Crippen LogP contribution is -2.40. The fourth-order valence-corrected chi connectivity index (χ4v) is 7.42. The van der Waals surface area contributed by atoms with Gasteiger partial charge >= 0.3 is 6.11 Å². The van der Waals surface area contributed by atoms with Crippen molar-refractivity contribution in [3.63, 3.8) is 0 Å². The third-order valence-electron chi connectivity index (χ3n) is 10.1. The van der Waals surface area contributed by atoms with Gasteiger partial charge in [-0.25, -0.2) is 17.6 Å². The molecule has 0 N–H and O–H groups in total. The molecule has 3 aliphatic rings. The van der Waals surface area contributed by atoms with E-state index < -0.39 is 35.3 Å². The van der Waals surface area contributed by atoms with E-state index in [1.807, 2.05) is 0 Å².